The van der Waals surface area contributed by atoms with E-state index >= 15 is 0 Å². The van der Waals surface area contributed by atoms with Crippen molar-refractivity contribution in [3.63, 3.8) is 0 Å². The summed E-state index contributed by atoms with van der Waals surface area (Å²) in [7, 11) is -2.57. The zero-order chi connectivity index (χ0) is 17.0. The van der Waals surface area contributed by atoms with Gasteiger partial charge in [0.1, 0.15) is 6.04 Å². The van der Waals surface area contributed by atoms with E-state index in [1.807, 2.05) is 0 Å². The fourth-order valence-corrected chi connectivity index (χ4v) is 2.96. The van der Waals surface area contributed by atoms with E-state index in [-0.39, 0.29) is 0 Å². The predicted octanol–water partition coefficient (Wildman–Crippen LogP) is 2.82. The van der Waals surface area contributed by atoms with Crippen molar-refractivity contribution in [2.24, 2.45) is 5.41 Å². The van der Waals surface area contributed by atoms with Gasteiger partial charge in [-0.25, -0.2) is 8.42 Å². The van der Waals surface area contributed by atoms with E-state index < -0.39 is 27.4 Å². The average Bonchev–Trinajstić information content (AvgIpc) is 2.42. The highest BCUT2D eigenvalue weighted by molar-refractivity contribution is 7.92. The van der Waals surface area contributed by atoms with Gasteiger partial charge in [0.05, 0.1) is 7.11 Å². The third-order valence-corrected chi connectivity index (χ3v) is 4.21. The largest absolute Gasteiger partial charge is 0.468 e. The molecule has 1 unspecified atom stereocenters. The summed E-state index contributed by atoms with van der Waals surface area (Å²) in [5, 5.41) is 1.58. The molecule has 1 atom stereocenters. The van der Waals surface area contributed by atoms with Gasteiger partial charge >= 0.3 is 5.97 Å². The zero-order valence-corrected chi connectivity index (χ0v) is 14.5. The molecule has 22 heavy (non-hydrogen) atoms. The van der Waals surface area contributed by atoms with Crippen molar-refractivity contribution < 1.29 is 17.9 Å². The molecule has 0 bridgehead atoms. The molecule has 1 aromatic carbocycles. The van der Waals surface area contributed by atoms with Crippen LogP contribution in [-0.4, -0.2) is 27.5 Å². The van der Waals surface area contributed by atoms with Crippen LogP contribution in [0, 0.1) is 5.41 Å². The highest BCUT2D eigenvalue weighted by Crippen LogP contribution is 2.21. The zero-order valence-electron chi connectivity index (χ0n) is 13.0. The first-order valence-electron chi connectivity index (χ1n) is 6.59. The molecule has 0 saturated carbocycles. The number of carbonyl (C=O) groups excluding carboxylic acids is 1. The van der Waals surface area contributed by atoms with Crippen molar-refractivity contribution in [2.75, 3.05) is 7.11 Å². The standard InChI is InChI=1S/C15H20ClNO4S/c1-15(2,3)13(14(18)21-4)17-22(19,20)10-9-11-5-7-12(16)8-6-11/h5-10,13,17H,1-4H3. The molecule has 0 aliphatic heterocycles. The quantitative estimate of drug-likeness (QED) is 0.833. The molecule has 1 aromatic rings. The van der Waals surface area contributed by atoms with Crippen LogP contribution < -0.4 is 4.72 Å². The third-order valence-electron chi connectivity index (χ3n) is 2.89. The molecule has 0 spiro atoms. The Morgan fingerprint density at radius 1 is 1.27 bits per heavy atom. The normalized spacial score (nSPS) is 14.0. The molecule has 0 aromatic heterocycles. The van der Waals surface area contributed by atoms with E-state index in [1.54, 1.807) is 45.0 Å². The number of halogens is 1. The van der Waals surface area contributed by atoms with Crippen LogP contribution in [0.5, 0.6) is 0 Å². The number of methoxy groups -OCH3 is 1. The second-order valence-electron chi connectivity index (χ2n) is 5.84. The van der Waals surface area contributed by atoms with E-state index in [0.29, 0.717) is 10.6 Å². The summed E-state index contributed by atoms with van der Waals surface area (Å²) in [6.07, 6.45) is 1.43. The molecule has 7 heteroatoms. The molecule has 0 heterocycles. The van der Waals surface area contributed by atoms with Crippen LogP contribution in [-0.2, 0) is 19.6 Å². The number of benzene rings is 1. The van der Waals surface area contributed by atoms with Crippen molar-refractivity contribution in [3.05, 3.63) is 40.3 Å². The van der Waals surface area contributed by atoms with E-state index in [9.17, 15) is 13.2 Å². The number of carbonyl (C=O) groups is 1. The van der Waals surface area contributed by atoms with E-state index in [4.69, 9.17) is 11.6 Å². The molecular weight excluding hydrogens is 326 g/mol. The van der Waals surface area contributed by atoms with Crippen LogP contribution in [0.2, 0.25) is 5.02 Å². The topological polar surface area (TPSA) is 72.5 Å². The summed E-state index contributed by atoms with van der Waals surface area (Å²) in [6.45, 7) is 5.25. The number of rotatable bonds is 5. The van der Waals surface area contributed by atoms with Gasteiger partial charge in [0.15, 0.2) is 0 Å². The maximum Gasteiger partial charge on any atom is 0.324 e. The number of hydrogen-bond acceptors (Lipinski definition) is 4. The van der Waals surface area contributed by atoms with Gasteiger partial charge in [-0.3, -0.25) is 4.79 Å². The molecule has 5 nitrogen and oxygen atoms in total. The van der Waals surface area contributed by atoms with Gasteiger partial charge in [-0.05, 0) is 29.2 Å². The third kappa shape index (κ3) is 5.79. The number of ether oxygens (including phenoxy) is 1. The van der Waals surface area contributed by atoms with E-state index in [2.05, 4.69) is 9.46 Å². The van der Waals surface area contributed by atoms with Gasteiger partial charge in [0.2, 0.25) is 10.0 Å². The van der Waals surface area contributed by atoms with E-state index in [1.165, 1.54) is 13.2 Å². The lowest BCUT2D eigenvalue weighted by molar-refractivity contribution is -0.145. The van der Waals surface area contributed by atoms with Crippen LogP contribution in [0.3, 0.4) is 0 Å². The summed E-state index contributed by atoms with van der Waals surface area (Å²) in [4.78, 5) is 11.8. The maximum atomic E-state index is 12.1. The smallest absolute Gasteiger partial charge is 0.324 e. The van der Waals surface area contributed by atoms with Crippen LogP contribution in [0.25, 0.3) is 6.08 Å². The summed E-state index contributed by atoms with van der Waals surface area (Å²) >= 11 is 5.77. The first kappa shape index (κ1) is 18.7. The molecule has 1 N–H and O–H groups in total. The lowest BCUT2D eigenvalue weighted by atomic mass is 9.87. The van der Waals surface area contributed by atoms with Crippen molar-refractivity contribution in [1.82, 2.24) is 4.72 Å². The van der Waals surface area contributed by atoms with Gasteiger partial charge in [-0.1, -0.05) is 44.5 Å². The fourth-order valence-electron chi connectivity index (χ4n) is 1.64. The van der Waals surface area contributed by atoms with Crippen molar-refractivity contribution in [3.8, 4) is 0 Å². The second-order valence-corrected chi connectivity index (χ2v) is 7.87. The average molecular weight is 346 g/mol. The Hall–Kier alpha value is -1.37. The number of sulfonamides is 1. The Morgan fingerprint density at radius 3 is 2.27 bits per heavy atom. The van der Waals surface area contributed by atoms with Gasteiger partial charge in [0.25, 0.3) is 0 Å². The molecule has 0 amide bonds. The Bertz CT molecular complexity index is 645. The Labute approximate surface area is 136 Å². The van der Waals surface area contributed by atoms with Crippen molar-refractivity contribution in [1.29, 1.82) is 0 Å². The molecule has 0 saturated heterocycles. The highest BCUT2D eigenvalue weighted by Gasteiger charge is 2.34. The summed E-state index contributed by atoms with van der Waals surface area (Å²) in [6, 6.07) is 5.73. The van der Waals surface area contributed by atoms with Crippen LogP contribution in [0.4, 0.5) is 0 Å². The molecular formula is C15H20ClNO4S. The molecule has 0 radical (unpaired) electrons. The first-order chi connectivity index (χ1) is 10.0. The monoisotopic (exact) mass is 345 g/mol. The van der Waals surface area contributed by atoms with Crippen molar-refractivity contribution in [2.45, 2.75) is 26.8 Å². The van der Waals surface area contributed by atoms with E-state index in [0.717, 1.165) is 5.41 Å². The van der Waals surface area contributed by atoms with Gasteiger partial charge in [-0.15, -0.1) is 0 Å². The Kier molecular flexibility index (Phi) is 6.17. The molecule has 0 aliphatic carbocycles. The first-order valence-corrected chi connectivity index (χ1v) is 8.51. The minimum Gasteiger partial charge on any atom is -0.468 e. The second kappa shape index (κ2) is 7.26. The highest BCUT2D eigenvalue weighted by atomic mass is 35.5. The SMILES string of the molecule is COC(=O)C(NS(=O)(=O)C=Cc1ccc(Cl)cc1)C(C)(C)C. The fraction of sp³-hybridized carbons (Fsp3) is 0.400. The Morgan fingerprint density at radius 2 is 1.82 bits per heavy atom. The van der Waals surface area contributed by atoms with Crippen LogP contribution in [0.15, 0.2) is 29.7 Å². The van der Waals surface area contributed by atoms with Gasteiger partial charge < -0.3 is 4.74 Å². The number of nitrogens with one attached hydrogen (secondary N) is 1. The maximum absolute atomic E-state index is 12.1. The lowest BCUT2D eigenvalue weighted by Gasteiger charge is -2.28. The molecule has 122 valence electrons. The number of hydrogen-bond donors (Lipinski definition) is 1. The molecule has 0 aliphatic rings. The van der Waals surface area contributed by atoms with Gasteiger partial charge in [0, 0.05) is 10.4 Å². The minimum atomic E-state index is -3.79. The van der Waals surface area contributed by atoms with Crippen LogP contribution >= 0.6 is 11.6 Å². The molecule has 1 rings (SSSR count). The number of esters is 1. The van der Waals surface area contributed by atoms with Crippen LogP contribution in [0.1, 0.15) is 26.3 Å². The Balaban J connectivity index is 2.93. The summed E-state index contributed by atoms with van der Waals surface area (Å²) < 4.78 is 31.2. The minimum absolute atomic E-state index is 0.566. The van der Waals surface area contributed by atoms with Gasteiger partial charge in [-0.2, -0.15) is 4.72 Å². The predicted molar refractivity (Wildman–Crippen MR) is 87.8 cm³/mol. The molecule has 0 fully saturated rings. The van der Waals surface area contributed by atoms with Crippen molar-refractivity contribution >= 4 is 33.7 Å². The summed E-state index contributed by atoms with van der Waals surface area (Å²) in [5.74, 6) is -0.629. The lowest BCUT2D eigenvalue weighted by Crippen LogP contribution is -2.49. The summed E-state index contributed by atoms with van der Waals surface area (Å²) in [5.41, 5.74) is 0.0639.